The molecule has 1 atom stereocenters. The van der Waals surface area contributed by atoms with Crippen molar-refractivity contribution in [2.75, 3.05) is 33.4 Å². The summed E-state index contributed by atoms with van der Waals surface area (Å²) >= 11 is 0. The molecular weight excluding hydrogens is 278 g/mol. The second kappa shape index (κ2) is 8.25. The van der Waals surface area contributed by atoms with Crippen LogP contribution in [0.15, 0.2) is 18.3 Å². The maximum atomic E-state index is 12.3. The number of ether oxygens (including phenoxy) is 1. The predicted molar refractivity (Wildman–Crippen MR) is 86.5 cm³/mol. The Kier molecular flexibility index (Phi) is 6.34. The first-order chi connectivity index (χ1) is 10.6. The van der Waals surface area contributed by atoms with Crippen LogP contribution < -0.4 is 0 Å². The largest absolute Gasteiger partial charge is 0.379 e. The highest BCUT2D eigenvalue weighted by Crippen LogP contribution is 2.12. The lowest BCUT2D eigenvalue weighted by molar-refractivity contribution is -0.130. The summed E-state index contributed by atoms with van der Waals surface area (Å²) in [5, 5.41) is 0. The van der Waals surface area contributed by atoms with Gasteiger partial charge in [-0.2, -0.15) is 0 Å². The van der Waals surface area contributed by atoms with Gasteiger partial charge in [0, 0.05) is 38.8 Å². The van der Waals surface area contributed by atoms with Crippen LogP contribution in [0.1, 0.15) is 31.0 Å². The molecule has 1 fully saturated rings. The van der Waals surface area contributed by atoms with Crippen LogP contribution in [0.5, 0.6) is 0 Å². The van der Waals surface area contributed by atoms with Gasteiger partial charge in [-0.05, 0) is 31.9 Å². The first kappa shape index (κ1) is 16.9. The van der Waals surface area contributed by atoms with Crippen molar-refractivity contribution in [1.29, 1.82) is 0 Å². The van der Waals surface area contributed by atoms with Crippen LogP contribution in [0.25, 0.3) is 0 Å². The topological polar surface area (TPSA) is 45.7 Å². The summed E-state index contributed by atoms with van der Waals surface area (Å²) in [6, 6.07) is 4.38. The van der Waals surface area contributed by atoms with Crippen LogP contribution in [0.3, 0.4) is 0 Å². The van der Waals surface area contributed by atoms with Gasteiger partial charge >= 0.3 is 0 Å². The Morgan fingerprint density at radius 1 is 1.45 bits per heavy atom. The predicted octanol–water partition coefficient (Wildman–Crippen LogP) is 1.85. The molecule has 1 saturated heterocycles. The zero-order chi connectivity index (χ0) is 15.9. The molecule has 122 valence electrons. The summed E-state index contributed by atoms with van der Waals surface area (Å²) in [7, 11) is 1.86. The standard InChI is InChI=1S/C17H27N3O2/c1-14-5-4-8-18-16(14)13-19(3)17(21)7-6-15(2)20-9-11-22-12-10-20/h4-5,8,15H,6-7,9-13H2,1-3H3/t15-/m1/s1. The van der Waals surface area contributed by atoms with Crippen LogP contribution in [-0.4, -0.2) is 60.1 Å². The molecule has 0 unspecified atom stereocenters. The second-order valence-electron chi connectivity index (χ2n) is 6.05. The molecule has 0 aliphatic carbocycles. The van der Waals surface area contributed by atoms with Gasteiger partial charge in [-0.1, -0.05) is 6.07 Å². The fourth-order valence-electron chi connectivity index (χ4n) is 2.72. The van der Waals surface area contributed by atoms with Crippen molar-refractivity contribution < 1.29 is 9.53 Å². The number of nitrogens with zero attached hydrogens (tertiary/aromatic N) is 3. The Morgan fingerprint density at radius 3 is 2.86 bits per heavy atom. The van der Waals surface area contributed by atoms with Gasteiger partial charge in [0.2, 0.25) is 5.91 Å². The SMILES string of the molecule is Cc1cccnc1CN(C)C(=O)CC[C@@H](C)N1CCOCC1. The van der Waals surface area contributed by atoms with E-state index in [0.717, 1.165) is 44.0 Å². The highest BCUT2D eigenvalue weighted by Gasteiger charge is 2.19. The number of aromatic nitrogens is 1. The minimum atomic E-state index is 0.185. The van der Waals surface area contributed by atoms with Crippen molar-refractivity contribution in [2.45, 2.75) is 39.3 Å². The van der Waals surface area contributed by atoms with Gasteiger partial charge in [-0.3, -0.25) is 14.7 Å². The van der Waals surface area contributed by atoms with E-state index in [9.17, 15) is 4.79 Å². The highest BCUT2D eigenvalue weighted by molar-refractivity contribution is 5.75. The molecule has 1 aromatic heterocycles. The maximum Gasteiger partial charge on any atom is 0.222 e. The third-order valence-corrected chi connectivity index (χ3v) is 4.38. The third kappa shape index (κ3) is 4.78. The molecule has 1 aliphatic rings. The van der Waals surface area contributed by atoms with Crippen molar-refractivity contribution >= 4 is 5.91 Å². The zero-order valence-corrected chi connectivity index (χ0v) is 13.9. The molecule has 2 rings (SSSR count). The zero-order valence-electron chi connectivity index (χ0n) is 13.9. The summed E-state index contributed by atoms with van der Waals surface area (Å²) in [6.07, 6.45) is 3.26. The molecule has 0 bridgehead atoms. The van der Waals surface area contributed by atoms with E-state index in [2.05, 4.69) is 16.8 Å². The summed E-state index contributed by atoms with van der Waals surface area (Å²) in [5.41, 5.74) is 2.10. The summed E-state index contributed by atoms with van der Waals surface area (Å²) in [5.74, 6) is 0.185. The maximum absolute atomic E-state index is 12.3. The van der Waals surface area contributed by atoms with Crippen molar-refractivity contribution in [3.05, 3.63) is 29.6 Å². The van der Waals surface area contributed by atoms with E-state index in [0.29, 0.717) is 19.0 Å². The third-order valence-electron chi connectivity index (χ3n) is 4.38. The van der Waals surface area contributed by atoms with Gasteiger partial charge in [0.1, 0.15) is 0 Å². The Balaban J connectivity index is 1.77. The van der Waals surface area contributed by atoms with E-state index in [1.54, 1.807) is 11.1 Å². The molecule has 1 amide bonds. The summed E-state index contributed by atoms with van der Waals surface area (Å²) < 4.78 is 5.37. The molecule has 0 radical (unpaired) electrons. The summed E-state index contributed by atoms with van der Waals surface area (Å²) in [4.78, 5) is 20.8. The highest BCUT2D eigenvalue weighted by atomic mass is 16.5. The van der Waals surface area contributed by atoms with E-state index >= 15 is 0 Å². The Hall–Kier alpha value is -1.46. The molecule has 1 aliphatic heterocycles. The number of amides is 1. The summed E-state index contributed by atoms with van der Waals surface area (Å²) in [6.45, 7) is 8.35. The number of hydrogen-bond donors (Lipinski definition) is 0. The number of hydrogen-bond acceptors (Lipinski definition) is 4. The molecule has 1 aromatic rings. The average Bonchev–Trinajstić information content (AvgIpc) is 2.55. The van der Waals surface area contributed by atoms with Gasteiger partial charge in [-0.25, -0.2) is 0 Å². The van der Waals surface area contributed by atoms with Crippen LogP contribution >= 0.6 is 0 Å². The van der Waals surface area contributed by atoms with Crippen molar-refractivity contribution in [3.63, 3.8) is 0 Å². The Morgan fingerprint density at radius 2 is 2.18 bits per heavy atom. The molecule has 2 heterocycles. The van der Waals surface area contributed by atoms with Crippen molar-refractivity contribution in [2.24, 2.45) is 0 Å². The van der Waals surface area contributed by atoms with Gasteiger partial charge in [0.05, 0.1) is 25.5 Å². The normalized spacial score (nSPS) is 17.2. The van der Waals surface area contributed by atoms with Crippen molar-refractivity contribution in [3.8, 4) is 0 Å². The lowest BCUT2D eigenvalue weighted by atomic mass is 10.1. The van der Waals surface area contributed by atoms with E-state index < -0.39 is 0 Å². The number of aryl methyl sites for hydroxylation is 1. The number of rotatable bonds is 6. The van der Waals surface area contributed by atoms with Gasteiger partial charge in [0.25, 0.3) is 0 Å². The van der Waals surface area contributed by atoms with Crippen LogP contribution in [0, 0.1) is 6.92 Å². The lowest BCUT2D eigenvalue weighted by Crippen LogP contribution is -2.42. The van der Waals surface area contributed by atoms with Crippen molar-refractivity contribution in [1.82, 2.24) is 14.8 Å². The van der Waals surface area contributed by atoms with Crippen LogP contribution in [0.2, 0.25) is 0 Å². The molecule has 5 nitrogen and oxygen atoms in total. The lowest BCUT2D eigenvalue weighted by Gasteiger charge is -2.32. The second-order valence-corrected chi connectivity index (χ2v) is 6.05. The molecular formula is C17H27N3O2. The van der Waals surface area contributed by atoms with E-state index in [1.165, 1.54) is 0 Å². The molecule has 0 aromatic carbocycles. The average molecular weight is 305 g/mol. The first-order valence-electron chi connectivity index (χ1n) is 8.04. The number of pyridine rings is 1. The van der Waals surface area contributed by atoms with Gasteiger partial charge < -0.3 is 9.64 Å². The van der Waals surface area contributed by atoms with Crippen LogP contribution in [-0.2, 0) is 16.1 Å². The number of morpholine rings is 1. The number of carbonyl (C=O) groups excluding carboxylic acids is 1. The monoisotopic (exact) mass is 305 g/mol. The quantitative estimate of drug-likeness (QED) is 0.804. The van der Waals surface area contributed by atoms with Gasteiger partial charge in [-0.15, -0.1) is 0 Å². The molecule has 0 N–H and O–H groups in total. The Bertz CT molecular complexity index is 487. The van der Waals surface area contributed by atoms with E-state index in [1.807, 2.05) is 26.1 Å². The minimum Gasteiger partial charge on any atom is -0.379 e. The Labute approximate surface area is 133 Å². The molecule has 5 heteroatoms. The smallest absolute Gasteiger partial charge is 0.222 e. The van der Waals surface area contributed by atoms with E-state index in [4.69, 9.17) is 4.74 Å². The molecule has 22 heavy (non-hydrogen) atoms. The van der Waals surface area contributed by atoms with Gasteiger partial charge in [0.15, 0.2) is 0 Å². The first-order valence-corrected chi connectivity index (χ1v) is 8.04. The molecule has 0 saturated carbocycles. The fourth-order valence-corrected chi connectivity index (χ4v) is 2.72. The minimum absolute atomic E-state index is 0.185. The van der Waals surface area contributed by atoms with Crippen LogP contribution in [0.4, 0.5) is 0 Å². The molecule has 0 spiro atoms. The number of carbonyl (C=O) groups is 1. The van der Waals surface area contributed by atoms with E-state index in [-0.39, 0.29) is 5.91 Å². The fraction of sp³-hybridized carbons (Fsp3) is 0.647.